The van der Waals surface area contributed by atoms with Gasteiger partial charge in [0, 0.05) is 24.0 Å². The van der Waals surface area contributed by atoms with Crippen molar-refractivity contribution in [2.75, 3.05) is 6.54 Å². The second-order valence-electron chi connectivity index (χ2n) is 5.26. The molecule has 1 aromatic carbocycles. The van der Waals surface area contributed by atoms with Gasteiger partial charge in [-0.25, -0.2) is 0 Å². The van der Waals surface area contributed by atoms with Crippen molar-refractivity contribution in [1.29, 1.82) is 0 Å². The third-order valence-electron chi connectivity index (χ3n) is 2.96. The molecule has 1 aromatic rings. The number of carbonyl (C=O) groups is 1. The van der Waals surface area contributed by atoms with E-state index >= 15 is 0 Å². The van der Waals surface area contributed by atoms with E-state index in [2.05, 4.69) is 19.2 Å². The lowest BCUT2D eigenvalue weighted by Crippen LogP contribution is -2.41. The molecule has 0 aliphatic rings. The van der Waals surface area contributed by atoms with Crippen LogP contribution in [-0.4, -0.2) is 18.5 Å². The first kappa shape index (κ1) is 16.0. The number of benzene rings is 1. The summed E-state index contributed by atoms with van der Waals surface area (Å²) in [6.07, 6.45) is 2.13. The van der Waals surface area contributed by atoms with Crippen molar-refractivity contribution >= 4 is 17.5 Å². The van der Waals surface area contributed by atoms with Crippen LogP contribution in [0.4, 0.5) is 0 Å². The number of halogens is 1. The fourth-order valence-electron chi connectivity index (χ4n) is 1.99. The molecule has 0 aliphatic heterocycles. The lowest BCUT2D eigenvalue weighted by molar-refractivity contribution is -0.121. The van der Waals surface area contributed by atoms with Gasteiger partial charge in [-0.15, -0.1) is 0 Å². The fraction of sp³-hybridized carbons (Fsp3) is 0.533. The summed E-state index contributed by atoms with van der Waals surface area (Å²) in [5.41, 5.74) is 6.78. The molecule has 106 valence electrons. The molecular weight excluding hydrogens is 260 g/mol. The molecule has 0 saturated carbocycles. The van der Waals surface area contributed by atoms with E-state index in [1.165, 1.54) is 0 Å². The quantitative estimate of drug-likeness (QED) is 0.808. The molecule has 1 amide bonds. The maximum atomic E-state index is 11.8. The van der Waals surface area contributed by atoms with Crippen LogP contribution in [0.3, 0.4) is 0 Å². The van der Waals surface area contributed by atoms with E-state index in [9.17, 15) is 4.79 Å². The minimum atomic E-state index is 0.0612. The Morgan fingerprint density at radius 1 is 1.32 bits per heavy atom. The van der Waals surface area contributed by atoms with Gasteiger partial charge in [-0.1, -0.05) is 37.6 Å². The molecule has 0 saturated heterocycles. The van der Waals surface area contributed by atoms with Gasteiger partial charge in [-0.05, 0) is 36.5 Å². The van der Waals surface area contributed by atoms with E-state index in [1.54, 1.807) is 0 Å². The van der Waals surface area contributed by atoms with Crippen molar-refractivity contribution in [3.8, 4) is 0 Å². The highest BCUT2D eigenvalue weighted by Gasteiger charge is 2.12. The summed E-state index contributed by atoms with van der Waals surface area (Å²) in [5.74, 6) is 0.594. The van der Waals surface area contributed by atoms with Crippen LogP contribution in [0.15, 0.2) is 24.3 Å². The van der Waals surface area contributed by atoms with Crippen LogP contribution in [0, 0.1) is 5.92 Å². The van der Waals surface area contributed by atoms with Crippen LogP contribution in [0.2, 0.25) is 5.02 Å². The average molecular weight is 283 g/mol. The SMILES string of the molecule is CC(C)CC(CN)NC(=O)CCc1ccc(Cl)cc1. The van der Waals surface area contributed by atoms with Crippen LogP contribution in [0.5, 0.6) is 0 Å². The minimum Gasteiger partial charge on any atom is -0.352 e. The molecule has 1 rings (SSSR count). The van der Waals surface area contributed by atoms with E-state index < -0.39 is 0 Å². The highest BCUT2D eigenvalue weighted by atomic mass is 35.5. The lowest BCUT2D eigenvalue weighted by atomic mass is 10.0. The third-order valence-corrected chi connectivity index (χ3v) is 3.21. The molecular formula is C15H23ClN2O. The Kier molecular flexibility index (Phi) is 6.89. The van der Waals surface area contributed by atoms with Crippen molar-refractivity contribution in [1.82, 2.24) is 5.32 Å². The maximum absolute atomic E-state index is 11.8. The van der Waals surface area contributed by atoms with E-state index in [-0.39, 0.29) is 11.9 Å². The molecule has 0 bridgehead atoms. The molecule has 1 unspecified atom stereocenters. The van der Waals surface area contributed by atoms with E-state index in [4.69, 9.17) is 17.3 Å². The fourth-order valence-corrected chi connectivity index (χ4v) is 2.12. The Morgan fingerprint density at radius 2 is 1.95 bits per heavy atom. The smallest absolute Gasteiger partial charge is 0.220 e. The number of nitrogens with one attached hydrogen (secondary N) is 1. The summed E-state index contributed by atoms with van der Waals surface area (Å²) < 4.78 is 0. The number of aryl methyl sites for hydroxylation is 1. The summed E-state index contributed by atoms with van der Waals surface area (Å²) >= 11 is 5.82. The molecule has 1 atom stereocenters. The second-order valence-corrected chi connectivity index (χ2v) is 5.69. The van der Waals surface area contributed by atoms with Gasteiger partial charge in [0.1, 0.15) is 0 Å². The molecule has 4 heteroatoms. The largest absolute Gasteiger partial charge is 0.352 e. The molecule has 3 nitrogen and oxygen atoms in total. The van der Waals surface area contributed by atoms with Gasteiger partial charge in [0.05, 0.1) is 0 Å². The summed E-state index contributed by atoms with van der Waals surface area (Å²) in [6.45, 7) is 4.75. The van der Waals surface area contributed by atoms with Gasteiger partial charge >= 0.3 is 0 Å². The topological polar surface area (TPSA) is 55.1 Å². The van der Waals surface area contributed by atoms with Crippen LogP contribution >= 0.6 is 11.6 Å². The van der Waals surface area contributed by atoms with Gasteiger partial charge < -0.3 is 11.1 Å². The van der Waals surface area contributed by atoms with Crippen molar-refractivity contribution in [3.05, 3.63) is 34.9 Å². The Labute approximate surface area is 120 Å². The van der Waals surface area contributed by atoms with Gasteiger partial charge in [0.2, 0.25) is 5.91 Å². The minimum absolute atomic E-state index is 0.0612. The summed E-state index contributed by atoms with van der Waals surface area (Å²) in [5, 5.41) is 3.71. The maximum Gasteiger partial charge on any atom is 0.220 e. The highest BCUT2D eigenvalue weighted by molar-refractivity contribution is 6.30. The van der Waals surface area contributed by atoms with E-state index in [0.29, 0.717) is 23.9 Å². The monoisotopic (exact) mass is 282 g/mol. The number of nitrogens with two attached hydrogens (primary N) is 1. The van der Waals surface area contributed by atoms with Crippen LogP contribution < -0.4 is 11.1 Å². The Morgan fingerprint density at radius 3 is 2.47 bits per heavy atom. The Bertz CT molecular complexity index is 390. The predicted octanol–water partition coefficient (Wildman–Crippen LogP) is 2.76. The zero-order valence-electron chi connectivity index (χ0n) is 11.7. The normalized spacial score (nSPS) is 12.5. The van der Waals surface area contributed by atoms with Crippen molar-refractivity contribution < 1.29 is 4.79 Å². The number of amides is 1. The first-order valence-electron chi connectivity index (χ1n) is 6.75. The number of hydrogen-bond donors (Lipinski definition) is 2. The molecule has 19 heavy (non-hydrogen) atoms. The van der Waals surface area contributed by atoms with E-state index in [1.807, 2.05) is 24.3 Å². The van der Waals surface area contributed by atoms with Gasteiger partial charge in [0.15, 0.2) is 0 Å². The molecule has 0 heterocycles. The molecule has 0 fully saturated rings. The van der Waals surface area contributed by atoms with Gasteiger partial charge in [0.25, 0.3) is 0 Å². The van der Waals surface area contributed by atoms with Gasteiger partial charge in [-0.2, -0.15) is 0 Å². The average Bonchev–Trinajstić information content (AvgIpc) is 2.36. The van der Waals surface area contributed by atoms with Crippen molar-refractivity contribution in [2.45, 2.75) is 39.2 Å². The lowest BCUT2D eigenvalue weighted by Gasteiger charge is -2.18. The first-order chi connectivity index (χ1) is 9.01. The highest BCUT2D eigenvalue weighted by Crippen LogP contribution is 2.11. The van der Waals surface area contributed by atoms with Crippen LogP contribution in [-0.2, 0) is 11.2 Å². The number of rotatable bonds is 7. The van der Waals surface area contributed by atoms with Crippen molar-refractivity contribution in [3.63, 3.8) is 0 Å². The second kappa shape index (κ2) is 8.18. The Hall–Kier alpha value is -1.06. The van der Waals surface area contributed by atoms with Gasteiger partial charge in [-0.3, -0.25) is 4.79 Å². The molecule has 0 aliphatic carbocycles. The predicted molar refractivity (Wildman–Crippen MR) is 80.2 cm³/mol. The molecule has 0 spiro atoms. The van der Waals surface area contributed by atoms with Crippen LogP contribution in [0.1, 0.15) is 32.3 Å². The van der Waals surface area contributed by atoms with Crippen LogP contribution in [0.25, 0.3) is 0 Å². The summed E-state index contributed by atoms with van der Waals surface area (Å²) in [6, 6.07) is 7.67. The molecule has 3 N–H and O–H groups in total. The molecule has 0 radical (unpaired) electrons. The summed E-state index contributed by atoms with van der Waals surface area (Å²) in [4.78, 5) is 11.8. The summed E-state index contributed by atoms with van der Waals surface area (Å²) in [7, 11) is 0. The zero-order valence-corrected chi connectivity index (χ0v) is 12.4. The van der Waals surface area contributed by atoms with Crippen molar-refractivity contribution in [2.24, 2.45) is 11.7 Å². The number of hydrogen-bond acceptors (Lipinski definition) is 2. The Balaban J connectivity index is 2.36. The molecule has 0 aromatic heterocycles. The van der Waals surface area contributed by atoms with E-state index in [0.717, 1.165) is 18.4 Å². The first-order valence-corrected chi connectivity index (χ1v) is 7.13. The standard InChI is InChI=1S/C15H23ClN2O/c1-11(2)9-14(10-17)18-15(19)8-5-12-3-6-13(16)7-4-12/h3-4,6-7,11,14H,5,8-10,17H2,1-2H3,(H,18,19). The third kappa shape index (κ3) is 6.60. The number of carbonyl (C=O) groups excluding carboxylic acids is 1. The zero-order chi connectivity index (χ0) is 14.3.